The molecule has 104 valence electrons. The molecule has 1 aromatic heterocycles. The number of hydrogen-bond acceptors (Lipinski definition) is 4. The maximum Gasteiger partial charge on any atom is 0.129 e. The minimum absolute atomic E-state index is 0.513. The molecule has 0 atom stereocenters. The fraction of sp³-hybridized carbons (Fsp3) is 0.615. The van der Waals surface area contributed by atoms with Crippen molar-refractivity contribution >= 4 is 23.2 Å². The second kappa shape index (κ2) is 5.94. The van der Waals surface area contributed by atoms with Gasteiger partial charge in [-0.15, -0.1) is 0 Å². The van der Waals surface area contributed by atoms with Crippen LogP contribution >= 0.6 is 23.2 Å². The van der Waals surface area contributed by atoms with Gasteiger partial charge in [-0.3, -0.25) is 9.80 Å². The molecule has 1 aromatic rings. The summed E-state index contributed by atoms with van der Waals surface area (Å²) in [6, 6.07) is 4.24. The fourth-order valence-electron chi connectivity index (χ4n) is 2.73. The van der Waals surface area contributed by atoms with Crippen LogP contribution in [0.1, 0.15) is 5.69 Å². The number of likely N-dealkylation sites (tertiary alicyclic amines) is 1. The van der Waals surface area contributed by atoms with Crippen LogP contribution in [-0.4, -0.2) is 60.1 Å². The SMILES string of the molecule is Clc1ccc(Cl)c(CN2CC(N3CCNCC3)C2)n1. The van der Waals surface area contributed by atoms with E-state index in [0.717, 1.165) is 51.5 Å². The molecular weight excluding hydrogens is 283 g/mol. The Hall–Kier alpha value is -0.390. The number of pyridine rings is 1. The predicted molar refractivity (Wildman–Crippen MR) is 77.8 cm³/mol. The minimum Gasteiger partial charge on any atom is -0.314 e. The van der Waals surface area contributed by atoms with Crippen molar-refractivity contribution < 1.29 is 0 Å². The van der Waals surface area contributed by atoms with Gasteiger partial charge >= 0.3 is 0 Å². The first kappa shape index (κ1) is 13.6. The Labute approximate surface area is 123 Å². The summed E-state index contributed by atoms with van der Waals surface area (Å²) in [4.78, 5) is 9.24. The molecule has 3 heterocycles. The van der Waals surface area contributed by atoms with Crippen LogP contribution in [0.25, 0.3) is 0 Å². The van der Waals surface area contributed by atoms with Crippen molar-refractivity contribution in [2.75, 3.05) is 39.3 Å². The van der Waals surface area contributed by atoms with E-state index in [1.54, 1.807) is 6.07 Å². The van der Waals surface area contributed by atoms with E-state index in [-0.39, 0.29) is 0 Å². The predicted octanol–water partition coefficient (Wildman–Crippen LogP) is 1.48. The van der Waals surface area contributed by atoms with Crippen LogP contribution in [0, 0.1) is 0 Å². The monoisotopic (exact) mass is 300 g/mol. The highest BCUT2D eigenvalue weighted by molar-refractivity contribution is 6.32. The van der Waals surface area contributed by atoms with E-state index in [0.29, 0.717) is 16.2 Å². The lowest BCUT2D eigenvalue weighted by molar-refractivity contribution is 0.0216. The average Bonchev–Trinajstić information content (AvgIpc) is 2.38. The summed E-state index contributed by atoms with van der Waals surface area (Å²) >= 11 is 12.0. The van der Waals surface area contributed by atoms with Crippen LogP contribution in [0.2, 0.25) is 10.2 Å². The fourth-order valence-corrected chi connectivity index (χ4v) is 3.06. The molecule has 0 aliphatic carbocycles. The highest BCUT2D eigenvalue weighted by atomic mass is 35.5. The van der Waals surface area contributed by atoms with Gasteiger partial charge in [0.15, 0.2) is 0 Å². The maximum absolute atomic E-state index is 6.14. The first-order valence-electron chi connectivity index (χ1n) is 6.70. The third kappa shape index (κ3) is 3.20. The number of halogens is 2. The third-order valence-electron chi connectivity index (χ3n) is 3.86. The Morgan fingerprint density at radius 1 is 1.21 bits per heavy atom. The number of hydrogen-bond donors (Lipinski definition) is 1. The van der Waals surface area contributed by atoms with Crippen molar-refractivity contribution in [2.24, 2.45) is 0 Å². The highest BCUT2D eigenvalue weighted by Crippen LogP contribution is 2.22. The standard InChI is InChI=1S/C13H18Cl2N4/c14-11-1-2-13(15)17-12(11)9-18-7-10(8-18)19-5-3-16-4-6-19/h1-2,10,16H,3-9H2. The second-order valence-electron chi connectivity index (χ2n) is 5.20. The summed E-state index contributed by atoms with van der Waals surface area (Å²) in [5.74, 6) is 0. The van der Waals surface area contributed by atoms with E-state index in [1.807, 2.05) is 6.07 Å². The molecule has 0 radical (unpaired) electrons. The van der Waals surface area contributed by atoms with Gasteiger partial charge in [0.2, 0.25) is 0 Å². The zero-order chi connectivity index (χ0) is 13.2. The Bertz CT molecular complexity index is 442. The summed E-state index contributed by atoms with van der Waals surface area (Å²) in [6.07, 6.45) is 0. The van der Waals surface area contributed by atoms with Crippen LogP contribution in [0.4, 0.5) is 0 Å². The molecular formula is C13H18Cl2N4. The molecule has 4 nitrogen and oxygen atoms in total. The molecule has 2 aliphatic heterocycles. The van der Waals surface area contributed by atoms with Gasteiger partial charge < -0.3 is 5.32 Å². The molecule has 1 N–H and O–H groups in total. The number of rotatable bonds is 3. The Kier molecular flexibility index (Phi) is 4.24. The number of aromatic nitrogens is 1. The van der Waals surface area contributed by atoms with Crippen LogP contribution in [0.5, 0.6) is 0 Å². The summed E-state index contributed by atoms with van der Waals surface area (Å²) < 4.78 is 0. The Morgan fingerprint density at radius 3 is 2.68 bits per heavy atom. The zero-order valence-electron chi connectivity index (χ0n) is 10.8. The summed E-state index contributed by atoms with van der Waals surface area (Å²) in [7, 11) is 0. The summed E-state index contributed by atoms with van der Waals surface area (Å²) in [5.41, 5.74) is 0.882. The molecule has 0 bridgehead atoms. The largest absolute Gasteiger partial charge is 0.314 e. The molecule has 2 saturated heterocycles. The van der Waals surface area contributed by atoms with Crippen molar-refractivity contribution in [3.8, 4) is 0 Å². The normalized spacial score (nSPS) is 22.4. The smallest absolute Gasteiger partial charge is 0.129 e. The van der Waals surface area contributed by atoms with E-state index in [2.05, 4.69) is 20.1 Å². The van der Waals surface area contributed by atoms with Gasteiger partial charge in [-0.2, -0.15) is 0 Å². The van der Waals surface area contributed by atoms with Gasteiger partial charge in [-0.05, 0) is 12.1 Å². The lowest BCUT2D eigenvalue weighted by atomic mass is 10.1. The third-order valence-corrected chi connectivity index (χ3v) is 4.42. The van der Waals surface area contributed by atoms with Gasteiger partial charge in [0, 0.05) is 51.9 Å². The van der Waals surface area contributed by atoms with Gasteiger partial charge in [0.1, 0.15) is 5.15 Å². The molecule has 0 saturated carbocycles. The highest BCUT2D eigenvalue weighted by Gasteiger charge is 2.32. The quantitative estimate of drug-likeness (QED) is 0.857. The maximum atomic E-state index is 6.14. The lowest BCUT2D eigenvalue weighted by Gasteiger charge is -2.46. The van der Waals surface area contributed by atoms with Crippen molar-refractivity contribution in [1.82, 2.24) is 20.1 Å². The van der Waals surface area contributed by atoms with Crippen LogP contribution in [-0.2, 0) is 6.54 Å². The van der Waals surface area contributed by atoms with Gasteiger partial charge in [-0.25, -0.2) is 4.98 Å². The number of nitrogens with zero attached hydrogens (tertiary/aromatic N) is 3. The van der Waals surface area contributed by atoms with Crippen molar-refractivity contribution in [2.45, 2.75) is 12.6 Å². The van der Waals surface area contributed by atoms with Crippen molar-refractivity contribution in [1.29, 1.82) is 0 Å². The Balaban J connectivity index is 1.52. The zero-order valence-corrected chi connectivity index (χ0v) is 12.3. The lowest BCUT2D eigenvalue weighted by Crippen LogP contribution is -2.62. The van der Waals surface area contributed by atoms with Gasteiger partial charge in [0.05, 0.1) is 10.7 Å². The number of piperazine rings is 1. The van der Waals surface area contributed by atoms with E-state index in [1.165, 1.54) is 0 Å². The summed E-state index contributed by atoms with van der Waals surface area (Å²) in [5, 5.41) is 4.60. The van der Waals surface area contributed by atoms with Crippen LogP contribution in [0.3, 0.4) is 0 Å². The molecule has 2 fully saturated rings. The van der Waals surface area contributed by atoms with E-state index in [9.17, 15) is 0 Å². The first-order valence-corrected chi connectivity index (χ1v) is 7.46. The molecule has 0 amide bonds. The minimum atomic E-state index is 0.513. The molecule has 0 aromatic carbocycles. The molecule has 3 rings (SSSR count). The topological polar surface area (TPSA) is 31.4 Å². The number of nitrogens with one attached hydrogen (secondary N) is 1. The molecule has 6 heteroatoms. The van der Waals surface area contributed by atoms with E-state index in [4.69, 9.17) is 23.2 Å². The molecule has 2 aliphatic rings. The van der Waals surface area contributed by atoms with E-state index >= 15 is 0 Å². The first-order chi connectivity index (χ1) is 9.22. The molecule has 0 unspecified atom stereocenters. The molecule has 0 spiro atoms. The van der Waals surface area contributed by atoms with E-state index < -0.39 is 0 Å². The van der Waals surface area contributed by atoms with Crippen molar-refractivity contribution in [3.63, 3.8) is 0 Å². The average molecular weight is 301 g/mol. The van der Waals surface area contributed by atoms with Crippen molar-refractivity contribution in [3.05, 3.63) is 28.0 Å². The Morgan fingerprint density at radius 2 is 1.95 bits per heavy atom. The van der Waals surface area contributed by atoms with Crippen LogP contribution < -0.4 is 5.32 Å². The van der Waals surface area contributed by atoms with Gasteiger partial charge in [0.25, 0.3) is 0 Å². The van der Waals surface area contributed by atoms with Gasteiger partial charge in [-0.1, -0.05) is 23.2 Å². The molecule has 19 heavy (non-hydrogen) atoms. The summed E-state index contributed by atoms with van der Waals surface area (Å²) in [6.45, 7) is 7.54. The van der Waals surface area contributed by atoms with Crippen LogP contribution in [0.15, 0.2) is 12.1 Å². The second-order valence-corrected chi connectivity index (χ2v) is 5.99.